The quantitative estimate of drug-likeness (QED) is 0.565. The summed E-state index contributed by atoms with van der Waals surface area (Å²) >= 11 is 3.33. The van der Waals surface area contributed by atoms with E-state index in [1.54, 1.807) is 42.2 Å². The molecule has 1 amide bonds. The van der Waals surface area contributed by atoms with Crippen LogP contribution in [0.3, 0.4) is 0 Å². The number of benzene rings is 1. The molecular formula is C20H20BrF3N6O. The fourth-order valence-electron chi connectivity index (χ4n) is 3.63. The molecule has 0 radical (unpaired) electrons. The van der Waals surface area contributed by atoms with Crippen molar-refractivity contribution >= 4 is 27.7 Å². The minimum atomic E-state index is -4.50. The van der Waals surface area contributed by atoms with Gasteiger partial charge in [0.25, 0.3) is 5.91 Å². The lowest BCUT2D eigenvalue weighted by Crippen LogP contribution is -2.36. The number of amides is 1. The maximum absolute atomic E-state index is 13.8. The number of hydrogen-bond donors (Lipinski definition) is 2. The largest absolute Gasteiger partial charge is 0.410 e. The molecule has 3 heterocycles. The summed E-state index contributed by atoms with van der Waals surface area (Å²) in [6.45, 7) is 2.08. The van der Waals surface area contributed by atoms with Gasteiger partial charge in [0.1, 0.15) is 11.4 Å². The second-order valence-corrected chi connectivity index (χ2v) is 8.37. The number of rotatable bonds is 4. The average Bonchev–Trinajstić information content (AvgIpc) is 3.29. The highest BCUT2D eigenvalue weighted by Crippen LogP contribution is 2.44. The van der Waals surface area contributed by atoms with Gasteiger partial charge in [-0.15, -0.1) is 0 Å². The number of hydrogen-bond acceptors (Lipinski definition) is 4. The SMILES string of the molecule is Cc1c(CNC(=O)c2cnn3c2N[C@H](c2ccc(Br)cc2)C[C@H]3C(F)(F)F)cnn1C. The zero-order valence-corrected chi connectivity index (χ0v) is 18.3. The number of aryl methyl sites for hydroxylation is 1. The number of nitrogens with one attached hydrogen (secondary N) is 2. The Morgan fingerprint density at radius 1 is 1.26 bits per heavy atom. The number of halogens is 4. The summed E-state index contributed by atoms with van der Waals surface area (Å²) < 4.78 is 44.8. The second-order valence-electron chi connectivity index (χ2n) is 7.45. The van der Waals surface area contributed by atoms with E-state index in [0.29, 0.717) is 5.56 Å². The van der Waals surface area contributed by atoms with E-state index in [2.05, 4.69) is 36.8 Å². The van der Waals surface area contributed by atoms with Crippen LogP contribution < -0.4 is 10.6 Å². The molecule has 1 aromatic carbocycles. The number of aromatic nitrogens is 4. The van der Waals surface area contributed by atoms with Gasteiger partial charge in [-0.05, 0) is 24.6 Å². The normalized spacial score (nSPS) is 18.4. The van der Waals surface area contributed by atoms with Crippen molar-refractivity contribution in [2.75, 3.05) is 5.32 Å². The van der Waals surface area contributed by atoms with Gasteiger partial charge in [0.2, 0.25) is 0 Å². The summed E-state index contributed by atoms with van der Waals surface area (Å²) in [5, 5.41) is 13.8. The van der Waals surface area contributed by atoms with Crippen LogP contribution in [-0.4, -0.2) is 31.6 Å². The molecule has 0 bridgehead atoms. The summed E-state index contributed by atoms with van der Waals surface area (Å²) in [5.41, 5.74) is 2.48. The Hall–Kier alpha value is -2.82. The first-order valence-electron chi connectivity index (χ1n) is 9.57. The molecule has 3 aromatic rings. The first kappa shape index (κ1) is 21.4. The van der Waals surface area contributed by atoms with E-state index in [1.807, 2.05) is 6.92 Å². The number of alkyl halides is 3. The molecule has 1 aliphatic rings. The number of nitrogens with zero attached hydrogens (tertiary/aromatic N) is 4. The van der Waals surface area contributed by atoms with E-state index in [4.69, 9.17) is 0 Å². The Bertz CT molecular complexity index is 1110. The van der Waals surface area contributed by atoms with Crippen LogP contribution in [0.2, 0.25) is 0 Å². The van der Waals surface area contributed by atoms with Crippen LogP contribution in [0.5, 0.6) is 0 Å². The summed E-state index contributed by atoms with van der Waals surface area (Å²) in [4.78, 5) is 12.8. The van der Waals surface area contributed by atoms with E-state index >= 15 is 0 Å². The predicted molar refractivity (Wildman–Crippen MR) is 112 cm³/mol. The monoisotopic (exact) mass is 496 g/mol. The first-order chi connectivity index (χ1) is 14.6. The van der Waals surface area contributed by atoms with Crippen molar-refractivity contribution in [3.63, 3.8) is 0 Å². The fourth-order valence-corrected chi connectivity index (χ4v) is 3.90. The van der Waals surface area contributed by atoms with Gasteiger partial charge in [-0.25, -0.2) is 4.68 Å². The van der Waals surface area contributed by atoms with Crippen LogP contribution in [0.15, 0.2) is 41.1 Å². The van der Waals surface area contributed by atoms with Gasteiger partial charge in [0.15, 0.2) is 6.04 Å². The van der Waals surface area contributed by atoms with Crippen LogP contribution in [0.25, 0.3) is 0 Å². The highest BCUT2D eigenvalue weighted by Gasteiger charge is 2.47. The maximum Gasteiger partial charge on any atom is 0.410 e. The van der Waals surface area contributed by atoms with Crippen molar-refractivity contribution in [3.05, 3.63) is 63.5 Å². The van der Waals surface area contributed by atoms with E-state index in [-0.39, 0.29) is 24.3 Å². The smallest absolute Gasteiger partial charge is 0.363 e. The van der Waals surface area contributed by atoms with Crippen molar-refractivity contribution in [1.29, 1.82) is 0 Å². The summed E-state index contributed by atoms with van der Waals surface area (Å²) in [6.07, 6.45) is -1.91. The number of carbonyl (C=O) groups is 1. The molecule has 0 fully saturated rings. The van der Waals surface area contributed by atoms with Crippen molar-refractivity contribution in [2.24, 2.45) is 7.05 Å². The van der Waals surface area contributed by atoms with Gasteiger partial charge in [-0.2, -0.15) is 23.4 Å². The molecule has 0 spiro atoms. The first-order valence-corrected chi connectivity index (χ1v) is 10.4. The molecule has 0 saturated heterocycles. The van der Waals surface area contributed by atoms with Crippen molar-refractivity contribution < 1.29 is 18.0 Å². The van der Waals surface area contributed by atoms with E-state index < -0.39 is 24.2 Å². The van der Waals surface area contributed by atoms with Crippen molar-refractivity contribution in [1.82, 2.24) is 24.9 Å². The Balaban J connectivity index is 1.62. The lowest BCUT2D eigenvalue weighted by atomic mass is 9.96. The highest BCUT2D eigenvalue weighted by atomic mass is 79.9. The molecule has 0 unspecified atom stereocenters. The predicted octanol–water partition coefficient (Wildman–Crippen LogP) is 4.28. The summed E-state index contributed by atoms with van der Waals surface area (Å²) in [5.74, 6) is -0.448. The third-order valence-electron chi connectivity index (χ3n) is 5.53. The molecular weight excluding hydrogens is 477 g/mol. The molecule has 0 aliphatic carbocycles. The van der Waals surface area contributed by atoms with Gasteiger partial charge in [0, 0.05) is 35.7 Å². The molecule has 11 heteroatoms. The van der Waals surface area contributed by atoms with Crippen LogP contribution in [-0.2, 0) is 13.6 Å². The molecule has 2 N–H and O–H groups in total. The molecule has 0 saturated carbocycles. The summed E-state index contributed by atoms with van der Waals surface area (Å²) in [7, 11) is 1.79. The van der Waals surface area contributed by atoms with Crippen LogP contribution in [0.4, 0.5) is 19.0 Å². The number of fused-ring (bicyclic) bond motifs is 1. The Labute approximate surface area is 184 Å². The molecule has 2 aromatic heterocycles. The lowest BCUT2D eigenvalue weighted by Gasteiger charge is -2.34. The van der Waals surface area contributed by atoms with Gasteiger partial charge >= 0.3 is 6.18 Å². The summed E-state index contributed by atoms with van der Waals surface area (Å²) in [6, 6.07) is 4.61. The van der Waals surface area contributed by atoms with Gasteiger partial charge in [-0.1, -0.05) is 28.1 Å². The molecule has 7 nitrogen and oxygen atoms in total. The molecule has 2 atom stereocenters. The minimum Gasteiger partial charge on any atom is -0.363 e. The highest BCUT2D eigenvalue weighted by molar-refractivity contribution is 9.10. The van der Waals surface area contributed by atoms with E-state index in [9.17, 15) is 18.0 Å². The van der Waals surface area contributed by atoms with Crippen molar-refractivity contribution in [2.45, 2.75) is 38.1 Å². The topological polar surface area (TPSA) is 76.8 Å². The Morgan fingerprint density at radius 2 is 1.97 bits per heavy atom. The van der Waals surface area contributed by atoms with Crippen LogP contribution >= 0.6 is 15.9 Å². The third kappa shape index (κ3) is 4.18. The van der Waals surface area contributed by atoms with Crippen LogP contribution in [0, 0.1) is 6.92 Å². The molecule has 31 heavy (non-hydrogen) atoms. The zero-order chi connectivity index (χ0) is 22.3. The molecule has 4 rings (SSSR count). The van der Waals surface area contributed by atoms with Gasteiger partial charge < -0.3 is 10.6 Å². The average molecular weight is 497 g/mol. The maximum atomic E-state index is 13.8. The number of anilines is 1. The standard InChI is InChI=1S/C20H20BrF3N6O/c1-11-13(9-26-29(11)2)8-25-19(31)15-10-27-30-17(20(22,23)24)7-16(28-18(15)30)12-3-5-14(21)6-4-12/h3-6,9-10,16-17,28H,7-8H2,1-2H3,(H,25,31)/t16-,17-/m0/s1. The van der Waals surface area contributed by atoms with E-state index in [0.717, 1.165) is 20.4 Å². The Kier molecular flexibility index (Phi) is 5.54. The van der Waals surface area contributed by atoms with Gasteiger partial charge in [0.05, 0.1) is 18.4 Å². The lowest BCUT2D eigenvalue weighted by molar-refractivity contribution is -0.173. The molecule has 164 valence electrons. The van der Waals surface area contributed by atoms with E-state index in [1.165, 1.54) is 6.20 Å². The Morgan fingerprint density at radius 3 is 2.58 bits per heavy atom. The molecule has 1 aliphatic heterocycles. The van der Waals surface area contributed by atoms with Gasteiger partial charge in [-0.3, -0.25) is 9.48 Å². The van der Waals surface area contributed by atoms with Crippen molar-refractivity contribution in [3.8, 4) is 0 Å². The zero-order valence-electron chi connectivity index (χ0n) is 16.7. The van der Waals surface area contributed by atoms with Crippen LogP contribution in [0.1, 0.15) is 45.7 Å². The second kappa shape index (κ2) is 8.03. The third-order valence-corrected chi connectivity index (χ3v) is 6.06. The minimum absolute atomic E-state index is 0.0573. The number of carbonyl (C=O) groups excluding carboxylic acids is 1. The fraction of sp³-hybridized carbons (Fsp3) is 0.350.